The van der Waals surface area contributed by atoms with Crippen molar-refractivity contribution in [2.24, 2.45) is 5.92 Å². The van der Waals surface area contributed by atoms with Crippen LogP contribution in [0.4, 0.5) is 23.7 Å². The topological polar surface area (TPSA) is 52.6 Å². The molecule has 0 saturated carbocycles. The molecule has 0 aliphatic carbocycles. The molecule has 7 heteroatoms. The largest absolute Gasteiger partial charge is 0.396 e. The second kappa shape index (κ2) is 5.48. The average Bonchev–Trinajstić information content (AvgIpc) is 2.84. The van der Waals surface area contributed by atoms with Crippen LogP contribution >= 0.6 is 0 Å². The molecule has 0 bridgehead atoms. The Balaban J connectivity index is 2.03. The Labute approximate surface area is 107 Å². The van der Waals surface area contributed by atoms with E-state index in [1.165, 1.54) is 4.90 Å². The number of halogens is 3. The number of nitrogens with zero attached hydrogens (tertiary/aromatic N) is 1. The molecule has 2 rings (SSSR count). The van der Waals surface area contributed by atoms with E-state index in [9.17, 15) is 18.0 Å². The third-order valence-electron chi connectivity index (χ3n) is 3.07. The lowest BCUT2D eigenvalue weighted by molar-refractivity contribution is 0.208. The zero-order chi connectivity index (χ0) is 14.0. The number of hydrogen-bond acceptors (Lipinski definition) is 2. The van der Waals surface area contributed by atoms with Crippen molar-refractivity contribution in [3.05, 3.63) is 29.6 Å². The van der Waals surface area contributed by atoms with Crippen LogP contribution in [0.15, 0.2) is 12.1 Å². The Morgan fingerprint density at radius 3 is 2.53 bits per heavy atom. The lowest BCUT2D eigenvalue weighted by atomic mass is 10.1. The first-order valence-electron chi connectivity index (χ1n) is 5.82. The van der Waals surface area contributed by atoms with Gasteiger partial charge in [-0.15, -0.1) is 0 Å². The molecule has 1 unspecified atom stereocenters. The molecular formula is C12H13F3N2O2. The molecule has 4 nitrogen and oxygen atoms in total. The van der Waals surface area contributed by atoms with Gasteiger partial charge in [-0.2, -0.15) is 0 Å². The van der Waals surface area contributed by atoms with Gasteiger partial charge in [0.05, 0.1) is 0 Å². The number of anilines is 1. The number of nitrogens with one attached hydrogen (secondary N) is 1. The summed E-state index contributed by atoms with van der Waals surface area (Å²) in [5, 5.41) is 11.3. The predicted molar refractivity (Wildman–Crippen MR) is 62.1 cm³/mol. The van der Waals surface area contributed by atoms with Gasteiger partial charge in [-0.05, 0) is 6.42 Å². The Morgan fingerprint density at radius 2 is 2.00 bits per heavy atom. The van der Waals surface area contributed by atoms with Crippen LogP contribution in [0.3, 0.4) is 0 Å². The van der Waals surface area contributed by atoms with E-state index >= 15 is 0 Å². The van der Waals surface area contributed by atoms with E-state index in [2.05, 4.69) is 5.32 Å². The fourth-order valence-electron chi connectivity index (χ4n) is 2.00. The summed E-state index contributed by atoms with van der Waals surface area (Å²) in [6, 6.07) is 0.910. The SMILES string of the molecule is O=C(Nc1cc(F)c(F)c(F)c1)N1CCC(CO)C1. The summed E-state index contributed by atoms with van der Waals surface area (Å²) in [5.74, 6) is -4.26. The fourth-order valence-corrected chi connectivity index (χ4v) is 2.00. The van der Waals surface area contributed by atoms with Gasteiger partial charge in [0, 0.05) is 43.4 Å². The van der Waals surface area contributed by atoms with E-state index in [-0.39, 0.29) is 18.2 Å². The van der Waals surface area contributed by atoms with Gasteiger partial charge in [-0.1, -0.05) is 0 Å². The van der Waals surface area contributed by atoms with Crippen molar-refractivity contribution < 1.29 is 23.1 Å². The van der Waals surface area contributed by atoms with Crippen molar-refractivity contribution in [3.63, 3.8) is 0 Å². The highest BCUT2D eigenvalue weighted by molar-refractivity contribution is 5.89. The Morgan fingerprint density at radius 1 is 1.37 bits per heavy atom. The standard InChI is InChI=1S/C12H13F3N2O2/c13-9-3-8(4-10(14)11(9)15)16-12(19)17-2-1-7(5-17)6-18/h3-4,7,18H,1-2,5-6H2,(H,16,19). The van der Waals surface area contributed by atoms with E-state index in [1.54, 1.807) is 0 Å². The van der Waals surface area contributed by atoms with Gasteiger partial charge in [-0.3, -0.25) is 0 Å². The molecule has 1 fully saturated rings. The fraction of sp³-hybridized carbons (Fsp3) is 0.417. The van der Waals surface area contributed by atoms with Gasteiger partial charge < -0.3 is 15.3 Å². The van der Waals surface area contributed by atoms with E-state index < -0.39 is 23.5 Å². The van der Waals surface area contributed by atoms with Crippen LogP contribution in [-0.4, -0.2) is 35.7 Å². The molecule has 0 aromatic heterocycles. The third kappa shape index (κ3) is 2.98. The minimum atomic E-state index is -1.57. The van der Waals surface area contributed by atoms with Crippen LogP contribution in [-0.2, 0) is 0 Å². The van der Waals surface area contributed by atoms with Crippen LogP contribution in [0.25, 0.3) is 0 Å². The van der Waals surface area contributed by atoms with E-state index in [0.717, 1.165) is 12.1 Å². The number of likely N-dealkylation sites (tertiary alicyclic amines) is 1. The van der Waals surface area contributed by atoms with Gasteiger partial charge in [0.2, 0.25) is 0 Å². The molecule has 2 amide bonds. The van der Waals surface area contributed by atoms with Crippen molar-refractivity contribution >= 4 is 11.7 Å². The zero-order valence-corrected chi connectivity index (χ0v) is 10.00. The first-order valence-corrected chi connectivity index (χ1v) is 5.82. The summed E-state index contributed by atoms with van der Waals surface area (Å²) in [7, 11) is 0. The molecule has 2 N–H and O–H groups in total. The maximum atomic E-state index is 13.0. The van der Waals surface area contributed by atoms with Crippen molar-refractivity contribution in [1.82, 2.24) is 4.90 Å². The maximum Gasteiger partial charge on any atom is 0.321 e. The second-order valence-electron chi connectivity index (χ2n) is 4.47. The van der Waals surface area contributed by atoms with Crippen LogP contribution in [0.2, 0.25) is 0 Å². The molecule has 1 atom stereocenters. The number of hydrogen-bond donors (Lipinski definition) is 2. The number of aliphatic hydroxyl groups is 1. The number of amides is 2. The number of urea groups is 1. The van der Waals surface area contributed by atoms with E-state index in [0.29, 0.717) is 19.5 Å². The lowest BCUT2D eigenvalue weighted by Gasteiger charge is -2.17. The normalized spacial score (nSPS) is 18.7. The first-order chi connectivity index (χ1) is 9.01. The highest BCUT2D eigenvalue weighted by atomic mass is 19.2. The van der Waals surface area contributed by atoms with Crippen molar-refractivity contribution in [3.8, 4) is 0 Å². The molecule has 1 aliphatic rings. The minimum absolute atomic E-state index is 0.0103. The monoisotopic (exact) mass is 274 g/mol. The van der Waals surface area contributed by atoms with Gasteiger partial charge in [0.25, 0.3) is 0 Å². The van der Waals surface area contributed by atoms with Crippen molar-refractivity contribution in [2.75, 3.05) is 25.0 Å². The molecule has 1 aromatic rings. The van der Waals surface area contributed by atoms with Crippen molar-refractivity contribution in [1.29, 1.82) is 0 Å². The molecule has 1 aliphatic heterocycles. The summed E-state index contributed by atoms with van der Waals surface area (Å²) < 4.78 is 38.7. The lowest BCUT2D eigenvalue weighted by Crippen LogP contribution is -2.33. The predicted octanol–water partition coefficient (Wildman–Crippen LogP) is 1.95. The second-order valence-corrected chi connectivity index (χ2v) is 4.47. The number of rotatable bonds is 2. The molecule has 19 heavy (non-hydrogen) atoms. The minimum Gasteiger partial charge on any atom is -0.396 e. The Kier molecular flexibility index (Phi) is 3.94. The molecule has 1 aromatic carbocycles. The number of aliphatic hydroxyl groups excluding tert-OH is 1. The number of benzene rings is 1. The van der Waals surface area contributed by atoms with Gasteiger partial charge in [-0.25, -0.2) is 18.0 Å². The van der Waals surface area contributed by atoms with Gasteiger partial charge >= 0.3 is 6.03 Å². The van der Waals surface area contributed by atoms with Gasteiger partial charge in [0.1, 0.15) is 0 Å². The summed E-state index contributed by atoms with van der Waals surface area (Å²) in [6.07, 6.45) is 0.677. The molecule has 0 radical (unpaired) electrons. The highest BCUT2D eigenvalue weighted by Gasteiger charge is 2.26. The molecule has 0 spiro atoms. The van der Waals surface area contributed by atoms with Crippen LogP contribution in [0.1, 0.15) is 6.42 Å². The quantitative estimate of drug-likeness (QED) is 0.810. The number of carbonyl (C=O) groups is 1. The van der Waals surface area contributed by atoms with Gasteiger partial charge in [0.15, 0.2) is 17.5 Å². The maximum absolute atomic E-state index is 13.0. The highest BCUT2D eigenvalue weighted by Crippen LogP contribution is 2.20. The van der Waals surface area contributed by atoms with Crippen molar-refractivity contribution in [2.45, 2.75) is 6.42 Å². The molecule has 1 saturated heterocycles. The van der Waals surface area contributed by atoms with Crippen LogP contribution < -0.4 is 5.32 Å². The summed E-state index contributed by atoms with van der Waals surface area (Å²) in [5.41, 5.74) is -0.145. The summed E-state index contributed by atoms with van der Waals surface area (Å²) in [6.45, 7) is 0.835. The molecule has 1 heterocycles. The third-order valence-corrected chi connectivity index (χ3v) is 3.07. The van der Waals surface area contributed by atoms with Crippen LogP contribution in [0.5, 0.6) is 0 Å². The number of carbonyl (C=O) groups excluding carboxylic acids is 1. The molecular weight excluding hydrogens is 261 g/mol. The zero-order valence-electron chi connectivity index (χ0n) is 10.00. The summed E-state index contributed by atoms with van der Waals surface area (Å²) in [4.78, 5) is 13.2. The molecule has 104 valence electrons. The Bertz CT molecular complexity index is 473. The average molecular weight is 274 g/mol. The smallest absolute Gasteiger partial charge is 0.321 e. The summed E-state index contributed by atoms with van der Waals surface area (Å²) >= 11 is 0. The van der Waals surface area contributed by atoms with Crippen LogP contribution in [0, 0.1) is 23.4 Å². The van der Waals surface area contributed by atoms with E-state index in [1.807, 2.05) is 0 Å². The van der Waals surface area contributed by atoms with E-state index in [4.69, 9.17) is 5.11 Å². The first kappa shape index (κ1) is 13.7. The Hall–Kier alpha value is -1.76.